The van der Waals surface area contributed by atoms with Crippen LogP contribution in [0.25, 0.3) is 0 Å². The fraction of sp³-hybridized carbons (Fsp3) is 0.800. The highest BCUT2D eigenvalue weighted by Crippen LogP contribution is 2.40. The van der Waals surface area contributed by atoms with Gasteiger partial charge in [-0.3, -0.25) is 0 Å². The summed E-state index contributed by atoms with van der Waals surface area (Å²) in [6, 6.07) is 0.766. The predicted molar refractivity (Wildman–Crippen MR) is 81.8 cm³/mol. The lowest BCUT2D eigenvalue weighted by Crippen LogP contribution is -2.27. The van der Waals surface area contributed by atoms with E-state index < -0.39 is 0 Å². The van der Waals surface area contributed by atoms with Crippen molar-refractivity contribution in [3.8, 4) is 0 Å². The molecule has 3 rings (SSSR count). The average Bonchev–Trinajstić information content (AvgIpc) is 3.32. The Kier molecular flexibility index (Phi) is 3.81. The molecule has 2 aliphatic carbocycles. The maximum Gasteiger partial charge on any atom is 0.186 e. The van der Waals surface area contributed by atoms with E-state index in [1.54, 1.807) is 0 Å². The van der Waals surface area contributed by atoms with Crippen molar-refractivity contribution in [3.63, 3.8) is 0 Å². The van der Waals surface area contributed by atoms with E-state index in [-0.39, 0.29) is 0 Å². The molecule has 2 saturated carbocycles. The van der Waals surface area contributed by atoms with E-state index in [1.807, 2.05) is 11.3 Å². The number of aromatic nitrogens is 1. The average molecular weight is 279 g/mol. The predicted octanol–water partition coefficient (Wildman–Crippen LogP) is 3.49. The molecule has 1 heterocycles. The van der Waals surface area contributed by atoms with E-state index in [2.05, 4.69) is 18.7 Å². The largest absolute Gasteiger partial charge is 0.345 e. The number of nitrogens with two attached hydrogens (primary N) is 1. The fourth-order valence-corrected chi connectivity index (χ4v) is 3.69. The normalized spacial score (nSPS) is 20.6. The second-order valence-electron chi connectivity index (χ2n) is 6.15. The molecule has 3 nitrogen and oxygen atoms in total. The molecule has 2 N–H and O–H groups in total. The van der Waals surface area contributed by atoms with Gasteiger partial charge in [0, 0.05) is 24.0 Å². The Bertz CT molecular complexity index is 435. The van der Waals surface area contributed by atoms with Gasteiger partial charge in [0.05, 0.1) is 5.69 Å². The van der Waals surface area contributed by atoms with E-state index in [0.29, 0.717) is 12.5 Å². The van der Waals surface area contributed by atoms with Crippen LogP contribution in [-0.2, 0) is 6.54 Å². The Labute approximate surface area is 120 Å². The first kappa shape index (κ1) is 13.4. The highest BCUT2D eigenvalue weighted by Gasteiger charge is 2.35. The van der Waals surface area contributed by atoms with Crippen molar-refractivity contribution in [2.45, 2.75) is 64.5 Å². The van der Waals surface area contributed by atoms with Crippen LogP contribution in [0.1, 0.15) is 62.4 Å². The molecule has 106 valence electrons. The molecule has 1 aromatic heterocycles. The van der Waals surface area contributed by atoms with Crippen LogP contribution in [0.4, 0.5) is 5.13 Å². The van der Waals surface area contributed by atoms with Crippen LogP contribution in [0.3, 0.4) is 0 Å². The third-order valence-electron chi connectivity index (χ3n) is 4.37. The molecule has 1 unspecified atom stereocenters. The molecule has 0 radical (unpaired) electrons. The van der Waals surface area contributed by atoms with E-state index in [4.69, 9.17) is 10.7 Å². The van der Waals surface area contributed by atoms with Gasteiger partial charge in [0.25, 0.3) is 0 Å². The smallest absolute Gasteiger partial charge is 0.186 e. The molecule has 4 heteroatoms. The first-order valence-electron chi connectivity index (χ1n) is 7.69. The van der Waals surface area contributed by atoms with Crippen LogP contribution in [0.5, 0.6) is 0 Å². The summed E-state index contributed by atoms with van der Waals surface area (Å²) in [4.78, 5) is 8.83. The van der Waals surface area contributed by atoms with Crippen molar-refractivity contribution >= 4 is 16.5 Å². The standard InChI is InChI=1S/C15H25N3S/c1-3-10(2)14-13(8-16)19-15(17-14)18(12-6-7-12)9-11-4-5-11/h10-12H,3-9,16H2,1-2H3. The van der Waals surface area contributed by atoms with Gasteiger partial charge in [-0.1, -0.05) is 13.8 Å². The zero-order chi connectivity index (χ0) is 13.4. The SMILES string of the molecule is CCC(C)c1nc(N(CC2CC2)C2CC2)sc1CN. The molecule has 0 amide bonds. The van der Waals surface area contributed by atoms with Crippen molar-refractivity contribution in [1.82, 2.24) is 4.98 Å². The highest BCUT2D eigenvalue weighted by atomic mass is 32.1. The van der Waals surface area contributed by atoms with Gasteiger partial charge in [-0.15, -0.1) is 11.3 Å². The van der Waals surface area contributed by atoms with Crippen molar-refractivity contribution in [2.75, 3.05) is 11.4 Å². The fourth-order valence-electron chi connectivity index (χ4n) is 2.55. The molecule has 2 aliphatic rings. The quantitative estimate of drug-likeness (QED) is 0.830. The zero-order valence-electron chi connectivity index (χ0n) is 12.1. The zero-order valence-corrected chi connectivity index (χ0v) is 12.9. The summed E-state index contributed by atoms with van der Waals surface area (Å²) in [7, 11) is 0. The minimum absolute atomic E-state index is 0.533. The van der Waals surface area contributed by atoms with Crippen LogP contribution < -0.4 is 10.6 Å². The van der Waals surface area contributed by atoms with Crippen molar-refractivity contribution < 1.29 is 0 Å². The molecule has 0 aliphatic heterocycles. The maximum atomic E-state index is 5.91. The van der Waals surface area contributed by atoms with Crippen LogP contribution >= 0.6 is 11.3 Å². The van der Waals surface area contributed by atoms with E-state index in [1.165, 1.54) is 47.9 Å². The molecule has 0 aromatic carbocycles. The highest BCUT2D eigenvalue weighted by molar-refractivity contribution is 7.15. The Hall–Kier alpha value is -0.610. The molecular formula is C15H25N3S. The second kappa shape index (κ2) is 5.41. The summed E-state index contributed by atoms with van der Waals surface area (Å²) < 4.78 is 0. The molecular weight excluding hydrogens is 254 g/mol. The molecule has 0 bridgehead atoms. The molecule has 1 aromatic rings. The molecule has 0 spiro atoms. The number of rotatable bonds is 7. The number of anilines is 1. The number of nitrogens with zero attached hydrogens (tertiary/aromatic N) is 2. The van der Waals surface area contributed by atoms with Gasteiger partial charge < -0.3 is 10.6 Å². The Morgan fingerprint density at radius 2 is 2.11 bits per heavy atom. The molecule has 2 fully saturated rings. The summed E-state index contributed by atoms with van der Waals surface area (Å²) in [5.74, 6) is 1.46. The van der Waals surface area contributed by atoms with Gasteiger partial charge in [-0.2, -0.15) is 0 Å². The maximum absolute atomic E-state index is 5.91. The summed E-state index contributed by atoms with van der Waals surface area (Å²) >= 11 is 1.84. The number of thiazole rings is 1. The monoisotopic (exact) mass is 279 g/mol. The summed E-state index contributed by atoms with van der Waals surface area (Å²) in [6.07, 6.45) is 6.67. The van der Waals surface area contributed by atoms with Crippen LogP contribution in [0, 0.1) is 5.92 Å². The first-order chi connectivity index (χ1) is 9.22. The summed E-state index contributed by atoms with van der Waals surface area (Å²) in [5, 5.41) is 1.24. The van der Waals surface area contributed by atoms with Gasteiger partial charge >= 0.3 is 0 Å². The Balaban J connectivity index is 1.83. The second-order valence-corrected chi connectivity index (χ2v) is 7.21. The lowest BCUT2D eigenvalue weighted by atomic mass is 10.0. The van der Waals surface area contributed by atoms with Crippen LogP contribution in [0.2, 0.25) is 0 Å². The Morgan fingerprint density at radius 3 is 2.63 bits per heavy atom. The van der Waals surface area contributed by atoms with Gasteiger partial charge in [0.2, 0.25) is 0 Å². The van der Waals surface area contributed by atoms with Gasteiger partial charge in [-0.05, 0) is 43.9 Å². The number of hydrogen-bond donors (Lipinski definition) is 1. The van der Waals surface area contributed by atoms with Crippen LogP contribution in [-0.4, -0.2) is 17.6 Å². The van der Waals surface area contributed by atoms with Gasteiger partial charge in [0.15, 0.2) is 5.13 Å². The summed E-state index contributed by atoms with van der Waals surface area (Å²) in [5.41, 5.74) is 7.17. The van der Waals surface area contributed by atoms with E-state index >= 15 is 0 Å². The molecule has 0 saturated heterocycles. The summed E-state index contributed by atoms with van der Waals surface area (Å²) in [6.45, 7) is 6.36. The topological polar surface area (TPSA) is 42.2 Å². The van der Waals surface area contributed by atoms with Crippen molar-refractivity contribution in [2.24, 2.45) is 11.7 Å². The van der Waals surface area contributed by atoms with E-state index in [9.17, 15) is 0 Å². The molecule has 19 heavy (non-hydrogen) atoms. The van der Waals surface area contributed by atoms with Gasteiger partial charge in [-0.25, -0.2) is 4.98 Å². The third-order valence-corrected chi connectivity index (χ3v) is 5.50. The third kappa shape index (κ3) is 2.95. The number of hydrogen-bond acceptors (Lipinski definition) is 4. The lowest BCUT2D eigenvalue weighted by Gasteiger charge is -2.21. The lowest BCUT2D eigenvalue weighted by molar-refractivity contribution is 0.688. The minimum atomic E-state index is 0.533. The molecule has 1 atom stereocenters. The van der Waals surface area contributed by atoms with Gasteiger partial charge in [0.1, 0.15) is 0 Å². The van der Waals surface area contributed by atoms with Crippen LogP contribution in [0.15, 0.2) is 0 Å². The minimum Gasteiger partial charge on any atom is -0.345 e. The van der Waals surface area contributed by atoms with Crippen molar-refractivity contribution in [1.29, 1.82) is 0 Å². The Morgan fingerprint density at radius 1 is 1.37 bits per heavy atom. The van der Waals surface area contributed by atoms with Crippen molar-refractivity contribution in [3.05, 3.63) is 10.6 Å². The van der Waals surface area contributed by atoms with E-state index in [0.717, 1.165) is 18.4 Å². The first-order valence-corrected chi connectivity index (χ1v) is 8.50.